The van der Waals surface area contributed by atoms with E-state index < -0.39 is 0 Å². The molecule has 0 aliphatic heterocycles. The molecule has 0 saturated heterocycles. The second kappa shape index (κ2) is 6.22. The lowest BCUT2D eigenvalue weighted by Gasteiger charge is -2.12. The molecule has 1 aromatic carbocycles. The number of hydrogen-bond acceptors (Lipinski definition) is 3. The summed E-state index contributed by atoms with van der Waals surface area (Å²) in [4.78, 5) is 17.0. The van der Waals surface area contributed by atoms with E-state index in [0.717, 1.165) is 11.3 Å². The molecule has 2 aromatic heterocycles. The third-order valence-electron chi connectivity index (χ3n) is 5.89. The number of aryl methyl sites for hydroxylation is 1. The number of aromatic nitrogens is 2. The smallest absolute Gasteiger partial charge is 0.339 e. The summed E-state index contributed by atoms with van der Waals surface area (Å²) in [5.41, 5.74) is 6.57. The summed E-state index contributed by atoms with van der Waals surface area (Å²) in [6.07, 6.45) is 9.65. The molecule has 2 saturated carbocycles. The first-order valence-corrected chi connectivity index (χ1v) is 9.79. The molecule has 2 heterocycles. The maximum atomic E-state index is 12.4. The van der Waals surface area contributed by atoms with Crippen LogP contribution in [0.3, 0.4) is 0 Å². The highest BCUT2D eigenvalue weighted by Gasteiger charge is 2.28. The molecule has 2 aliphatic carbocycles. The average Bonchev–Trinajstić information content (AvgIpc) is 3.59. The van der Waals surface area contributed by atoms with Gasteiger partial charge in [0.1, 0.15) is 0 Å². The normalized spacial score (nSPS) is 16.7. The highest BCUT2D eigenvalue weighted by molar-refractivity contribution is 5.91. The number of carbonyl (C=O) groups excluding carboxylic acids is 1. The first kappa shape index (κ1) is 16.5. The Balaban J connectivity index is 1.56. The number of esters is 1. The molecule has 5 rings (SSSR count). The summed E-state index contributed by atoms with van der Waals surface area (Å²) in [7, 11) is 3.55. The maximum Gasteiger partial charge on any atom is 0.339 e. The van der Waals surface area contributed by atoms with E-state index in [0.29, 0.717) is 23.8 Å². The molecule has 3 aromatic rings. The zero-order valence-electron chi connectivity index (χ0n) is 15.9. The summed E-state index contributed by atoms with van der Waals surface area (Å²) in [5.74, 6) is 0.951. The first-order valence-electron chi connectivity index (χ1n) is 9.79. The van der Waals surface area contributed by atoms with Crippen molar-refractivity contribution in [1.82, 2.24) is 9.55 Å². The van der Waals surface area contributed by atoms with Crippen molar-refractivity contribution in [3.63, 3.8) is 0 Å². The molecule has 27 heavy (non-hydrogen) atoms. The second-order valence-electron chi connectivity index (χ2n) is 8.03. The molecule has 2 fully saturated rings. The summed E-state index contributed by atoms with van der Waals surface area (Å²) in [6, 6.07) is 8.72. The summed E-state index contributed by atoms with van der Waals surface area (Å²) in [6.45, 7) is 0. The zero-order chi connectivity index (χ0) is 18.5. The Morgan fingerprint density at radius 3 is 2.67 bits per heavy atom. The fourth-order valence-corrected chi connectivity index (χ4v) is 4.12. The van der Waals surface area contributed by atoms with E-state index in [4.69, 9.17) is 4.74 Å². The lowest BCUT2D eigenvalue weighted by molar-refractivity contribution is 0.0599. The number of methoxy groups -OCH3 is 1. The maximum absolute atomic E-state index is 12.4. The van der Waals surface area contributed by atoms with Crippen LogP contribution in [0.2, 0.25) is 0 Å². The molecule has 0 unspecified atom stereocenters. The van der Waals surface area contributed by atoms with E-state index in [1.54, 1.807) is 0 Å². The Morgan fingerprint density at radius 2 is 1.96 bits per heavy atom. The molecule has 2 aliphatic rings. The van der Waals surface area contributed by atoms with Crippen LogP contribution in [-0.4, -0.2) is 22.6 Å². The van der Waals surface area contributed by atoms with Crippen LogP contribution in [-0.2, 0) is 18.2 Å². The van der Waals surface area contributed by atoms with E-state index in [9.17, 15) is 4.79 Å². The molecule has 138 valence electrons. The van der Waals surface area contributed by atoms with Crippen molar-refractivity contribution >= 4 is 16.9 Å². The van der Waals surface area contributed by atoms with Gasteiger partial charge in [-0.1, -0.05) is 6.07 Å². The molecule has 0 spiro atoms. The number of ether oxygens (including phenoxy) is 1. The van der Waals surface area contributed by atoms with E-state index in [1.807, 2.05) is 12.3 Å². The molecular formula is C23H24N2O2. The van der Waals surface area contributed by atoms with Crippen LogP contribution in [0.25, 0.3) is 10.9 Å². The standard InChI is InChI=1S/C23H24N2O2/c1-25-8-7-17-9-14(10-19(22(17)25)16-5-6-16)11-21-20(23(26)27-2)12-18(13-24-21)15-3-4-15/h7-10,12-13,15-16H,3-6,11H2,1-2H3. The topological polar surface area (TPSA) is 44.1 Å². The van der Waals surface area contributed by atoms with Crippen molar-refractivity contribution < 1.29 is 9.53 Å². The summed E-state index contributed by atoms with van der Waals surface area (Å²) in [5, 5.41) is 1.27. The van der Waals surface area contributed by atoms with Gasteiger partial charge in [0.15, 0.2) is 0 Å². The van der Waals surface area contributed by atoms with Crippen LogP contribution in [0.15, 0.2) is 36.7 Å². The predicted octanol–water partition coefficient (Wildman–Crippen LogP) is 4.71. The van der Waals surface area contributed by atoms with Gasteiger partial charge in [0.25, 0.3) is 0 Å². The molecule has 0 amide bonds. The Kier molecular flexibility index (Phi) is 3.81. The second-order valence-corrected chi connectivity index (χ2v) is 8.03. The van der Waals surface area contributed by atoms with Gasteiger partial charge >= 0.3 is 5.97 Å². The van der Waals surface area contributed by atoms with E-state index in [2.05, 4.69) is 41.0 Å². The molecule has 0 bridgehead atoms. The van der Waals surface area contributed by atoms with Gasteiger partial charge in [-0.3, -0.25) is 4.98 Å². The number of hydrogen-bond donors (Lipinski definition) is 0. The van der Waals surface area contributed by atoms with Gasteiger partial charge in [-0.25, -0.2) is 4.79 Å². The molecule has 4 heteroatoms. The quantitative estimate of drug-likeness (QED) is 0.619. The average molecular weight is 360 g/mol. The molecule has 0 N–H and O–H groups in total. The van der Waals surface area contributed by atoms with Gasteiger partial charge < -0.3 is 9.30 Å². The largest absolute Gasteiger partial charge is 0.465 e. The monoisotopic (exact) mass is 360 g/mol. The number of nitrogens with zero attached hydrogens (tertiary/aromatic N) is 2. The van der Waals surface area contributed by atoms with Crippen LogP contribution in [0.1, 0.15) is 70.3 Å². The van der Waals surface area contributed by atoms with Crippen molar-refractivity contribution in [1.29, 1.82) is 0 Å². The summed E-state index contributed by atoms with van der Waals surface area (Å²) < 4.78 is 7.25. The Morgan fingerprint density at radius 1 is 1.19 bits per heavy atom. The van der Waals surface area contributed by atoms with Crippen LogP contribution < -0.4 is 0 Å². The Hall–Kier alpha value is -2.62. The van der Waals surface area contributed by atoms with E-state index >= 15 is 0 Å². The SMILES string of the molecule is COC(=O)c1cc(C2CC2)cnc1Cc1cc(C2CC2)c2c(ccn2C)c1. The van der Waals surface area contributed by atoms with Crippen molar-refractivity contribution in [2.45, 2.75) is 43.9 Å². The molecule has 4 nitrogen and oxygen atoms in total. The van der Waals surface area contributed by atoms with Gasteiger partial charge in [-0.15, -0.1) is 0 Å². The Labute approximate surface area is 159 Å². The number of benzene rings is 1. The highest BCUT2D eigenvalue weighted by Crippen LogP contribution is 2.44. The van der Waals surface area contributed by atoms with E-state index in [1.165, 1.54) is 54.8 Å². The van der Waals surface area contributed by atoms with Crippen LogP contribution in [0.5, 0.6) is 0 Å². The third-order valence-corrected chi connectivity index (χ3v) is 5.89. The van der Waals surface area contributed by atoms with Crippen LogP contribution in [0.4, 0.5) is 0 Å². The van der Waals surface area contributed by atoms with Crippen LogP contribution in [0, 0.1) is 0 Å². The van der Waals surface area contributed by atoms with Gasteiger partial charge in [0.2, 0.25) is 0 Å². The zero-order valence-corrected chi connectivity index (χ0v) is 15.9. The van der Waals surface area contributed by atoms with Gasteiger partial charge in [-0.05, 0) is 72.4 Å². The Bertz CT molecular complexity index is 1040. The van der Waals surface area contributed by atoms with Crippen molar-refractivity contribution in [3.8, 4) is 0 Å². The highest BCUT2D eigenvalue weighted by atomic mass is 16.5. The van der Waals surface area contributed by atoms with Crippen LogP contribution >= 0.6 is 0 Å². The van der Waals surface area contributed by atoms with Crippen molar-refractivity contribution in [2.24, 2.45) is 7.05 Å². The van der Waals surface area contributed by atoms with Gasteiger partial charge in [0, 0.05) is 31.2 Å². The van der Waals surface area contributed by atoms with Gasteiger partial charge in [-0.2, -0.15) is 0 Å². The number of pyridine rings is 1. The summed E-state index contributed by atoms with van der Waals surface area (Å²) >= 11 is 0. The third kappa shape index (κ3) is 3.03. The van der Waals surface area contributed by atoms with Gasteiger partial charge in [0.05, 0.1) is 23.9 Å². The lowest BCUT2D eigenvalue weighted by atomic mass is 9.97. The number of carbonyl (C=O) groups is 1. The predicted molar refractivity (Wildman–Crippen MR) is 105 cm³/mol. The molecular weight excluding hydrogens is 336 g/mol. The number of fused-ring (bicyclic) bond motifs is 1. The lowest BCUT2D eigenvalue weighted by Crippen LogP contribution is -2.09. The fourth-order valence-electron chi connectivity index (χ4n) is 4.12. The minimum atomic E-state index is -0.289. The number of rotatable bonds is 5. The minimum absolute atomic E-state index is 0.289. The van der Waals surface area contributed by atoms with Crippen molar-refractivity contribution in [3.05, 3.63) is 64.6 Å². The molecule has 0 atom stereocenters. The first-order chi connectivity index (χ1) is 13.1. The van der Waals surface area contributed by atoms with Crippen molar-refractivity contribution in [2.75, 3.05) is 7.11 Å². The minimum Gasteiger partial charge on any atom is -0.465 e. The van der Waals surface area contributed by atoms with E-state index in [-0.39, 0.29) is 5.97 Å². The fraction of sp³-hybridized carbons (Fsp3) is 0.391. The molecule has 0 radical (unpaired) electrons.